The molecule has 0 saturated heterocycles. The molecule has 0 aliphatic heterocycles. The number of carbonyl (C=O) groups excluding carboxylic acids is 2. The molecular formula is C25H20Cl3N5O2S. The van der Waals surface area contributed by atoms with Gasteiger partial charge in [-0.05, 0) is 61.0 Å². The maximum atomic E-state index is 12.7. The second kappa shape index (κ2) is 11.8. The maximum absolute atomic E-state index is 12.7. The second-order valence-electron chi connectivity index (χ2n) is 7.73. The summed E-state index contributed by atoms with van der Waals surface area (Å²) in [5.74, 6) is -0.000781. The van der Waals surface area contributed by atoms with Gasteiger partial charge >= 0.3 is 0 Å². The van der Waals surface area contributed by atoms with Gasteiger partial charge in [0.1, 0.15) is 0 Å². The highest BCUT2D eigenvalue weighted by Crippen LogP contribution is 2.25. The lowest BCUT2D eigenvalue weighted by Gasteiger charge is -2.12. The number of halogens is 3. The Bertz CT molecular complexity index is 1430. The van der Waals surface area contributed by atoms with Crippen LogP contribution in [0.5, 0.6) is 0 Å². The molecule has 0 spiro atoms. The van der Waals surface area contributed by atoms with Gasteiger partial charge < -0.3 is 10.6 Å². The van der Waals surface area contributed by atoms with Crippen LogP contribution >= 0.6 is 46.6 Å². The van der Waals surface area contributed by atoms with E-state index in [0.29, 0.717) is 26.7 Å². The number of hydrogen-bond donors (Lipinski definition) is 2. The number of aromatic nitrogens is 3. The third kappa shape index (κ3) is 6.59. The standard InChI is InChI=1S/C25H20Cl3N5O2S/c1-15-4-2-6-18(10-15)30-23(34)14-36-25-32-31-22(33(25)19-7-3-5-16(26)11-19)13-29-24(35)20-9-8-17(27)12-21(20)28/h2-12H,13-14H2,1H3,(H,29,35)(H,30,34). The number of amides is 2. The van der Waals surface area contributed by atoms with Crippen molar-refractivity contribution in [2.24, 2.45) is 0 Å². The first kappa shape index (κ1) is 26.0. The van der Waals surface area contributed by atoms with E-state index in [1.807, 2.05) is 37.3 Å². The number of nitrogens with zero attached hydrogens (tertiary/aromatic N) is 3. The predicted octanol–water partition coefficient (Wildman–Crippen LogP) is 6.20. The van der Waals surface area contributed by atoms with E-state index in [-0.39, 0.29) is 34.7 Å². The fraction of sp³-hybridized carbons (Fsp3) is 0.120. The van der Waals surface area contributed by atoms with Gasteiger partial charge in [-0.2, -0.15) is 0 Å². The summed E-state index contributed by atoms with van der Waals surface area (Å²) in [6.07, 6.45) is 0. The van der Waals surface area contributed by atoms with Gasteiger partial charge in [-0.25, -0.2) is 0 Å². The lowest BCUT2D eigenvalue weighted by atomic mass is 10.2. The number of nitrogens with one attached hydrogen (secondary N) is 2. The fourth-order valence-electron chi connectivity index (χ4n) is 3.36. The molecule has 2 N–H and O–H groups in total. The molecule has 0 fully saturated rings. The first-order chi connectivity index (χ1) is 17.3. The van der Waals surface area contributed by atoms with Crippen LogP contribution in [0.15, 0.2) is 71.9 Å². The number of aryl methyl sites for hydroxylation is 1. The Morgan fingerprint density at radius 2 is 1.72 bits per heavy atom. The summed E-state index contributed by atoms with van der Waals surface area (Å²) < 4.78 is 1.75. The summed E-state index contributed by atoms with van der Waals surface area (Å²) in [5, 5.41) is 15.9. The summed E-state index contributed by atoms with van der Waals surface area (Å²) >= 11 is 19.5. The highest BCUT2D eigenvalue weighted by molar-refractivity contribution is 7.99. The summed E-state index contributed by atoms with van der Waals surface area (Å²) in [6.45, 7) is 2.02. The molecule has 0 aliphatic rings. The van der Waals surface area contributed by atoms with Gasteiger partial charge in [0.25, 0.3) is 5.91 Å². The number of benzene rings is 3. The summed E-state index contributed by atoms with van der Waals surface area (Å²) in [6, 6.07) is 19.4. The largest absolute Gasteiger partial charge is 0.345 e. The third-order valence-corrected chi connectivity index (χ3v) is 6.70. The summed E-state index contributed by atoms with van der Waals surface area (Å²) in [7, 11) is 0. The van der Waals surface area contributed by atoms with Crippen LogP contribution in [-0.4, -0.2) is 32.3 Å². The van der Waals surface area contributed by atoms with Gasteiger partial charge in [0.2, 0.25) is 5.91 Å². The Morgan fingerprint density at radius 3 is 2.47 bits per heavy atom. The lowest BCUT2D eigenvalue weighted by Crippen LogP contribution is -2.25. The topological polar surface area (TPSA) is 88.9 Å². The molecule has 2 amide bonds. The monoisotopic (exact) mass is 559 g/mol. The lowest BCUT2D eigenvalue weighted by molar-refractivity contribution is -0.113. The van der Waals surface area contributed by atoms with Gasteiger partial charge in [-0.15, -0.1) is 10.2 Å². The molecule has 1 heterocycles. The van der Waals surface area contributed by atoms with Crippen molar-refractivity contribution < 1.29 is 9.59 Å². The third-order valence-electron chi connectivity index (χ3n) is 4.98. The van der Waals surface area contributed by atoms with Gasteiger partial charge in [-0.1, -0.05) is 64.8 Å². The number of hydrogen-bond acceptors (Lipinski definition) is 5. The molecule has 36 heavy (non-hydrogen) atoms. The van der Waals surface area contributed by atoms with Crippen LogP contribution in [0.1, 0.15) is 21.7 Å². The SMILES string of the molecule is Cc1cccc(NC(=O)CSc2nnc(CNC(=O)c3ccc(Cl)cc3Cl)n2-c2cccc(Cl)c2)c1. The average molecular weight is 561 g/mol. The van der Waals surface area contributed by atoms with E-state index < -0.39 is 0 Å². The minimum absolute atomic E-state index is 0.0628. The van der Waals surface area contributed by atoms with Crippen LogP contribution in [0.3, 0.4) is 0 Å². The van der Waals surface area contributed by atoms with Crippen LogP contribution < -0.4 is 10.6 Å². The van der Waals surface area contributed by atoms with E-state index in [1.165, 1.54) is 17.8 Å². The molecule has 0 atom stereocenters. The number of carbonyl (C=O) groups is 2. The quantitative estimate of drug-likeness (QED) is 0.251. The van der Waals surface area contributed by atoms with Crippen molar-refractivity contribution in [2.45, 2.75) is 18.6 Å². The summed E-state index contributed by atoms with van der Waals surface area (Å²) in [4.78, 5) is 25.2. The van der Waals surface area contributed by atoms with Crippen LogP contribution in [0.4, 0.5) is 5.69 Å². The molecule has 184 valence electrons. The normalized spacial score (nSPS) is 10.8. The zero-order valence-electron chi connectivity index (χ0n) is 19.0. The molecule has 11 heteroatoms. The van der Waals surface area contributed by atoms with E-state index >= 15 is 0 Å². The van der Waals surface area contributed by atoms with E-state index in [9.17, 15) is 9.59 Å². The molecule has 0 saturated carbocycles. The van der Waals surface area contributed by atoms with Crippen LogP contribution in [0.2, 0.25) is 15.1 Å². The minimum Gasteiger partial charge on any atom is -0.345 e. The zero-order valence-corrected chi connectivity index (χ0v) is 22.0. The Morgan fingerprint density at radius 1 is 0.944 bits per heavy atom. The first-order valence-corrected chi connectivity index (χ1v) is 12.8. The smallest absolute Gasteiger partial charge is 0.253 e. The van der Waals surface area contributed by atoms with E-state index in [1.54, 1.807) is 34.9 Å². The van der Waals surface area contributed by atoms with Crippen LogP contribution in [0, 0.1) is 6.92 Å². The molecule has 0 aliphatic carbocycles. The Hall–Kier alpha value is -3.04. The first-order valence-electron chi connectivity index (χ1n) is 10.7. The van der Waals surface area contributed by atoms with Gasteiger partial charge in [0, 0.05) is 15.7 Å². The van der Waals surface area contributed by atoms with Gasteiger partial charge in [-0.3, -0.25) is 14.2 Å². The van der Waals surface area contributed by atoms with E-state index in [4.69, 9.17) is 34.8 Å². The zero-order chi connectivity index (χ0) is 25.7. The predicted molar refractivity (Wildman–Crippen MR) is 145 cm³/mol. The van der Waals surface area contributed by atoms with Crippen LogP contribution in [-0.2, 0) is 11.3 Å². The van der Waals surface area contributed by atoms with Crippen molar-refractivity contribution in [1.29, 1.82) is 0 Å². The Labute approximate surface area is 227 Å². The Balaban J connectivity index is 1.52. The second-order valence-corrected chi connectivity index (χ2v) is 9.95. The molecule has 0 unspecified atom stereocenters. The maximum Gasteiger partial charge on any atom is 0.253 e. The molecular weight excluding hydrogens is 541 g/mol. The molecule has 0 bridgehead atoms. The highest BCUT2D eigenvalue weighted by Gasteiger charge is 2.18. The van der Waals surface area contributed by atoms with Crippen molar-refractivity contribution in [3.8, 4) is 5.69 Å². The van der Waals surface area contributed by atoms with Crippen molar-refractivity contribution >= 4 is 64.1 Å². The molecule has 0 radical (unpaired) electrons. The van der Waals surface area contributed by atoms with Gasteiger partial charge in [0.05, 0.1) is 28.6 Å². The van der Waals surface area contributed by atoms with Crippen molar-refractivity contribution in [3.05, 3.63) is 98.7 Å². The fourth-order valence-corrected chi connectivity index (χ4v) is 4.81. The van der Waals surface area contributed by atoms with Crippen molar-refractivity contribution in [1.82, 2.24) is 20.1 Å². The molecule has 1 aromatic heterocycles. The molecule has 3 aromatic carbocycles. The molecule has 4 aromatic rings. The van der Waals surface area contributed by atoms with Crippen molar-refractivity contribution in [3.63, 3.8) is 0 Å². The van der Waals surface area contributed by atoms with Crippen LogP contribution in [0.25, 0.3) is 5.69 Å². The molecule has 7 nitrogen and oxygen atoms in total. The van der Waals surface area contributed by atoms with Gasteiger partial charge in [0.15, 0.2) is 11.0 Å². The highest BCUT2D eigenvalue weighted by atomic mass is 35.5. The average Bonchev–Trinajstić information content (AvgIpc) is 3.24. The number of rotatable bonds is 8. The minimum atomic E-state index is -0.385. The van der Waals surface area contributed by atoms with E-state index in [2.05, 4.69) is 20.8 Å². The number of anilines is 1. The number of thioether (sulfide) groups is 1. The Kier molecular flexibility index (Phi) is 8.53. The summed E-state index contributed by atoms with van der Waals surface area (Å²) in [5.41, 5.74) is 2.76. The van der Waals surface area contributed by atoms with E-state index in [0.717, 1.165) is 11.3 Å². The molecule has 4 rings (SSSR count). The van der Waals surface area contributed by atoms with Crippen molar-refractivity contribution in [2.75, 3.05) is 11.1 Å².